The molecule has 0 spiro atoms. The average Bonchev–Trinajstić information content (AvgIpc) is 2.36. The maximum atomic E-state index is 9.96. The SMILES string of the molecule is CNc1nc(C(C)C)nc(NCC(O)CC(C)C)c1C. The summed E-state index contributed by atoms with van der Waals surface area (Å²) in [4.78, 5) is 9.06. The molecule has 5 heteroatoms. The van der Waals surface area contributed by atoms with Gasteiger partial charge in [0.1, 0.15) is 17.5 Å². The fraction of sp³-hybridized carbons (Fsp3) is 0.733. The highest BCUT2D eigenvalue weighted by Gasteiger charge is 2.13. The van der Waals surface area contributed by atoms with Gasteiger partial charge in [0.25, 0.3) is 0 Å². The van der Waals surface area contributed by atoms with Crippen molar-refractivity contribution < 1.29 is 5.11 Å². The highest BCUT2D eigenvalue weighted by atomic mass is 16.3. The van der Waals surface area contributed by atoms with Gasteiger partial charge in [-0.25, -0.2) is 9.97 Å². The van der Waals surface area contributed by atoms with Crippen LogP contribution in [-0.4, -0.2) is 34.8 Å². The van der Waals surface area contributed by atoms with Crippen LogP contribution in [0, 0.1) is 12.8 Å². The quantitative estimate of drug-likeness (QED) is 0.716. The first-order valence-electron chi connectivity index (χ1n) is 7.33. The Kier molecular flexibility index (Phi) is 6.20. The van der Waals surface area contributed by atoms with Gasteiger partial charge in [-0.1, -0.05) is 27.7 Å². The number of nitrogens with one attached hydrogen (secondary N) is 2. The molecule has 1 unspecified atom stereocenters. The van der Waals surface area contributed by atoms with Crippen LogP contribution in [-0.2, 0) is 0 Å². The van der Waals surface area contributed by atoms with Crippen molar-refractivity contribution in [1.29, 1.82) is 0 Å². The molecule has 0 radical (unpaired) electrons. The van der Waals surface area contributed by atoms with Crippen molar-refractivity contribution in [2.24, 2.45) is 5.92 Å². The highest BCUT2D eigenvalue weighted by molar-refractivity contribution is 5.57. The van der Waals surface area contributed by atoms with E-state index < -0.39 is 0 Å². The van der Waals surface area contributed by atoms with Gasteiger partial charge in [0.15, 0.2) is 0 Å². The van der Waals surface area contributed by atoms with Crippen molar-refractivity contribution in [2.45, 2.75) is 53.1 Å². The second kappa shape index (κ2) is 7.43. The number of nitrogens with zero attached hydrogens (tertiary/aromatic N) is 2. The number of anilines is 2. The Labute approximate surface area is 122 Å². The predicted octanol–water partition coefficient (Wildman–Crippen LogP) is 2.77. The largest absolute Gasteiger partial charge is 0.391 e. The first-order valence-corrected chi connectivity index (χ1v) is 7.33. The van der Waals surface area contributed by atoms with E-state index in [0.29, 0.717) is 12.5 Å². The number of rotatable bonds is 7. The van der Waals surface area contributed by atoms with Crippen molar-refractivity contribution in [1.82, 2.24) is 9.97 Å². The third kappa shape index (κ3) is 4.63. The number of aliphatic hydroxyl groups is 1. The minimum atomic E-state index is -0.357. The minimum absolute atomic E-state index is 0.267. The van der Waals surface area contributed by atoms with Crippen molar-refractivity contribution in [3.63, 3.8) is 0 Å². The molecular formula is C15H28N4O. The van der Waals surface area contributed by atoms with Crippen LogP contribution in [0.15, 0.2) is 0 Å². The Morgan fingerprint density at radius 3 is 2.20 bits per heavy atom. The van der Waals surface area contributed by atoms with Gasteiger partial charge in [0, 0.05) is 25.1 Å². The van der Waals surface area contributed by atoms with E-state index in [1.54, 1.807) is 0 Å². The van der Waals surface area contributed by atoms with E-state index in [4.69, 9.17) is 0 Å². The van der Waals surface area contributed by atoms with Crippen LogP contribution in [0.4, 0.5) is 11.6 Å². The van der Waals surface area contributed by atoms with Crippen molar-refractivity contribution in [2.75, 3.05) is 24.2 Å². The monoisotopic (exact) mass is 280 g/mol. The van der Waals surface area contributed by atoms with Crippen LogP contribution in [0.3, 0.4) is 0 Å². The fourth-order valence-electron chi connectivity index (χ4n) is 2.05. The second-order valence-corrected chi connectivity index (χ2v) is 5.97. The van der Waals surface area contributed by atoms with Crippen molar-refractivity contribution in [3.8, 4) is 0 Å². The third-order valence-corrected chi connectivity index (χ3v) is 3.16. The smallest absolute Gasteiger partial charge is 0.135 e. The van der Waals surface area contributed by atoms with Gasteiger partial charge >= 0.3 is 0 Å². The molecule has 1 rings (SSSR count). The van der Waals surface area contributed by atoms with E-state index in [1.165, 1.54) is 0 Å². The fourth-order valence-corrected chi connectivity index (χ4v) is 2.05. The van der Waals surface area contributed by atoms with Crippen LogP contribution in [0.1, 0.15) is 51.4 Å². The first kappa shape index (κ1) is 16.7. The average molecular weight is 280 g/mol. The van der Waals surface area contributed by atoms with Crippen LogP contribution in [0.25, 0.3) is 0 Å². The molecule has 0 aromatic carbocycles. The molecule has 0 aliphatic carbocycles. The lowest BCUT2D eigenvalue weighted by molar-refractivity contribution is 0.161. The van der Waals surface area contributed by atoms with Crippen LogP contribution < -0.4 is 10.6 Å². The normalized spacial score (nSPS) is 12.8. The zero-order valence-electron chi connectivity index (χ0n) is 13.5. The molecular weight excluding hydrogens is 252 g/mol. The molecule has 1 aromatic heterocycles. The first-order chi connectivity index (χ1) is 9.35. The lowest BCUT2D eigenvalue weighted by atomic mass is 10.1. The van der Waals surface area contributed by atoms with E-state index in [1.807, 2.05) is 14.0 Å². The van der Waals surface area contributed by atoms with E-state index >= 15 is 0 Å². The molecule has 5 nitrogen and oxygen atoms in total. The van der Waals surface area contributed by atoms with Crippen LogP contribution in [0.5, 0.6) is 0 Å². The van der Waals surface area contributed by atoms with Gasteiger partial charge < -0.3 is 15.7 Å². The Morgan fingerprint density at radius 1 is 1.10 bits per heavy atom. The molecule has 0 saturated heterocycles. The maximum Gasteiger partial charge on any atom is 0.135 e. The highest BCUT2D eigenvalue weighted by Crippen LogP contribution is 2.22. The number of aliphatic hydroxyl groups excluding tert-OH is 1. The van der Waals surface area contributed by atoms with Crippen molar-refractivity contribution >= 4 is 11.6 Å². The molecule has 1 atom stereocenters. The second-order valence-electron chi connectivity index (χ2n) is 5.97. The van der Waals surface area contributed by atoms with Gasteiger partial charge in [-0.2, -0.15) is 0 Å². The molecule has 3 N–H and O–H groups in total. The maximum absolute atomic E-state index is 9.96. The predicted molar refractivity (Wildman–Crippen MR) is 84.4 cm³/mol. The standard InChI is InChI=1S/C15H28N4O/c1-9(2)7-12(20)8-17-15-11(5)14(16-6)18-13(19-15)10(3)4/h9-10,12,20H,7-8H2,1-6H3,(H2,16,17,18,19). The summed E-state index contributed by atoms with van der Waals surface area (Å²) < 4.78 is 0. The van der Waals surface area contributed by atoms with E-state index in [0.717, 1.165) is 29.4 Å². The third-order valence-electron chi connectivity index (χ3n) is 3.16. The van der Waals surface area contributed by atoms with Gasteiger partial charge in [-0.05, 0) is 19.3 Å². The molecule has 114 valence electrons. The van der Waals surface area contributed by atoms with E-state index in [9.17, 15) is 5.11 Å². The lowest BCUT2D eigenvalue weighted by Gasteiger charge is -2.18. The summed E-state index contributed by atoms with van der Waals surface area (Å²) in [7, 11) is 1.86. The Bertz CT molecular complexity index is 432. The number of hydrogen-bond acceptors (Lipinski definition) is 5. The summed E-state index contributed by atoms with van der Waals surface area (Å²) in [5.74, 6) is 3.20. The molecule has 0 saturated carbocycles. The molecule has 1 aromatic rings. The topological polar surface area (TPSA) is 70.1 Å². The Hall–Kier alpha value is -1.36. The number of hydrogen-bond donors (Lipinski definition) is 3. The summed E-state index contributed by atoms with van der Waals surface area (Å²) in [5, 5.41) is 16.3. The van der Waals surface area contributed by atoms with Gasteiger partial charge in [0.2, 0.25) is 0 Å². The summed E-state index contributed by atoms with van der Waals surface area (Å²) in [5.41, 5.74) is 0.980. The van der Waals surface area contributed by atoms with Gasteiger partial charge in [-0.3, -0.25) is 0 Å². The summed E-state index contributed by atoms with van der Waals surface area (Å²) >= 11 is 0. The van der Waals surface area contributed by atoms with Gasteiger partial charge in [0.05, 0.1) is 6.10 Å². The molecule has 20 heavy (non-hydrogen) atoms. The zero-order chi connectivity index (χ0) is 15.3. The van der Waals surface area contributed by atoms with E-state index in [2.05, 4.69) is 48.3 Å². The van der Waals surface area contributed by atoms with Crippen molar-refractivity contribution in [3.05, 3.63) is 11.4 Å². The number of aromatic nitrogens is 2. The molecule has 0 aliphatic rings. The molecule has 0 aliphatic heterocycles. The molecule has 1 heterocycles. The summed E-state index contributed by atoms with van der Waals surface area (Å²) in [6, 6.07) is 0. The molecule has 0 bridgehead atoms. The van der Waals surface area contributed by atoms with Crippen LogP contribution in [0.2, 0.25) is 0 Å². The minimum Gasteiger partial charge on any atom is -0.391 e. The Balaban J connectivity index is 2.85. The van der Waals surface area contributed by atoms with Gasteiger partial charge in [-0.15, -0.1) is 0 Å². The Morgan fingerprint density at radius 2 is 1.70 bits per heavy atom. The zero-order valence-corrected chi connectivity index (χ0v) is 13.5. The molecule has 0 fully saturated rings. The van der Waals surface area contributed by atoms with Crippen LogP contribution >= 0.6 is 0 Å². The summed E-state index contributed by atoms with van der Waals surface area (Å²) in [6.07, 6.45) is 0.428. The van der Waals surface area contributed by atoms with E-state index in [-0.39, 0.29) is 12.0 Å². The summed E-state index contributed by atoms with van der Waals surface area (Å²) in [6.45, 7) is 10.8. The molecule has 0 amide bonds. The lowest BCUT2D eigenvalue weighted by Crippen LogP contribution is -2.22.